The van der Waals surface area contributed by atoms with Crippen molar-refractivity contribution >= 4 is 29.2 Å². The predicted octanol–water partition coefficient (Wildman–Crippen LogP) is 3.50. The van der Waals surface area contributed by atoms with E-state index in [2.05, 4.69) is 4.98 Å². The van der Waals surface area contributed by atoms with Crippen LogP contribution < -0.4 is 0 Å². The molecule has 6 heteroatoms. The molecule has 0 radical (unpaired) electrons. The zero-order valence-electron chi connectivity index (χ0n) is 10.7. The van der Waals surface area contributed by atoms with Crippen molar-refractivity contribution < 1.29 is 14.3 Å². The van der Waals surface area contributed by atoms with Gasteiger partial charge in [0, 0.05) is 19.0 Å². The van der Waals surface area contributed by atoms with Crippen molar-refractivity contribution in [3.8, 4) is 0 Å². The highest BCUT2D eigenvalue weighted by Gasteiger charge is 2.27. The van der Waals surface area contributed by atoms with Crippen LogP contribution in [0.1, 0.15) is 37.0 Å². The molecule has 2 rings (SSSR count). The van der Waals surface area contributed by atoms with Crippen molar-refractivity contribution in [1.82, 2.24) is 4.98 Å². The fourth-order valence-electron chi connectivity index (χ4n) is 2.19. The fraction of sp³-hybridized carbons (Fsp3) is 0.538. The van der Waals surface area contributed by atoms with Crippen LogP contribution >= 0.6 is 23.2 Å². The van der Waals surface area contributed by atoms with E-state index in [0.29, 0.717) is 18.4 Å². The number of nitrogens with zero attached hydrogens (tertiary/aromatic N) is 1. The number of esters is 1. The van der Waals surface area contributed by atoms with Gasteiger partial charge in [0.1, 0.15) is 11.3 Å². The van der Waals surface area contributed by atoms with E-state index >= 15 is 0 Å². The number of halogens is 2. The van der Waals surface area contributed by atoms with Crippen LogP contribution in [0, 0.1) is 0 Å². The second-order valence-electron chi connectivity index (χ2n) is 4.75. The maximum Gasteiger partial charge on any atom is 0.340 e. The number of hydrogen-bond donors (Lipinski definition) is 0. The van der Waals surface area contributed by atoms with E-state index in [-0.39, 0.29) is 28.5 Å². The Hall–Kier alpha value is -0.840. The molecule has 4 nitrogen and oxygen atoms in total. The van der Waals surface area contributed by atoms with Gasteiger partial charge in [-0.2, -0.15) is 0 Å². The lowest BCUT2D eigenvalue weighted by atomic mass is 10.0. The Morgan fingerprint density at radius 3 is 2.58 bits per heavy atom. The standard InChI is InChI=1S/C13H15Cl2NO3/c1-7-3-10(4-8(2)18-7)19-13(17)9-5-11(14)12(15)16-6-9/h5-8,10H,3-4H2,1-2H3. The van der Waals surface area contributed by atoms with E-state index in [0.717, 1.165) is 0 Å². The first-order valence-electron chi connectivity index (χ1n) is 6.13. The summed E-state index contributed by atoms with van der Waals surface area (Å²) < 4.78 is 11.0. The third-order valence-corrected chi connectivity index (χ3v) is 3.65. The predicted molar refractivity (Wildman–Crippen MR) is 72.7 cm³/mol. The van der Waals surface area contributed by atoms with Crippen molar-refractivity contribution in [1.29, 1.82) is 0 Å². The van der Waals surface area contributed by atoms with Gasteiger partial charge in [0.25, 0.3) is 0 Å². The molecule has 1 fully saturated rings. The highest BCUT2D eigenvalue weighted by Crippen LogP contribution is 2.24. The molecule has 0 saturated carbocycles. The first-order chi connectivity index (χ1) is 8.95. The molecule has 1 aromatic rings. The largest absolute Gasteiger partial charge is 0.459 e. The van der Waals surface area contributed by atoms with Gasteiger partial charge in [-0.15, -0.1) is 0 Å². The fourth-order valence-corrected chi connectivity index (χ4v) is 2.46. The summed E-state index contributed by atoms with van der Waals surface area (Å²) in [6.45, 7) is 3.94. The lowest BCUT2D eigenvalue weighted by Gasteiger charge is -2.31. The molecule has 104 valence electrons. The molecular formula is C13H15Cl2NO3. The Morgan fingerprint density at radius 2 is 2.00 bits per heavy atom. The van der Waals surface area contributed by atoms with Crippen molar-refractivity contribution in [3.05, 3.63) is 28.0 Å². The van der Waals surface area contributed by atoms with Gasteiger partial charge >= 0.3 is 5.97 Å². The molecule has 0 spiro atoms. The third kappa shape index (κ3) is 3.81. The molecule has 0 bridgehead atoms. The van der Waals surface area contributed by atoms with Crippen LogP contribution in [-0.2, 0) is 9.47 Å². The molecular weight excluding hydrogens is 289 g/mol. The molecule has 0 amide bonds. The molecule has 1 aliphatic heterocycles. The molecule has 1 aromatic heterocycles. The summed E-state index contributed by atoms with van der Waals surface area (Å²) in [5.41, 5.74) is 0.307. The van der Waals surface area contributed by atoms with Gasteiger partial charge < -0.3 is 9.47 Å². The summed E-state index contributed by atoms with van der Waals surface area (Å²) in [4.78, 5) is 15.8. The van der Waals surface area contributed by atoms with E-state index in [1.165, 1.54) is 12.3 Å². The van der Waals surface area contributed by atoms with Crippen LogP contribution in [0.3, 0.4) is 0 Å². The monoisotopic (exact) mass is 303 g/mol. The van der Waals surface area contributed by atoms with Crippen LogP contribution in [0.2, 0.25) is 10.2 Å². The lowest BCUT2D eigenvalue weighted by Crippen LogP contribution is -2.35. The Labute approximate surface area is 122 Å². The molecule has 0 N–H and O–H groups in total. The van der Waals surface area contributed by atoms with Gasteiger partial charge in [0.15, 0.2) is 0 Å². The summed E-state index contributed by atoms with van der Waals surface area (Å²) in [5, 5.41) is 0.413. The van der Waals surface area contributed by atoms with Crippen LogP contribution in [0.25, 0.3) is 0 Å². The van der Waals surface area contributed by atoms with Gasteiger partial charge in [0.2, 0.25) is 0 Å². The lowest BCUT2D eigenvalue weighted by molar-refractivity contribution is -0.0855. The van der Waals surface area contributed by atoms with E-state index in [4.69, 9.17) is 32.7 Å². The maximum absolute atomic E-state index is 12.0. The molecule has 0 aliphatic carbocycles. The van der Waals surface area contributed by atoms with Crippen molar-refractivity contribution in [3.63, 3.8) is 0 Å². The topological polar surface area (TPSA) is 48.4 Å². The third-order valence-electron chi connectivity index (χ3n) is 2.96. The normalized spacial score (nSPS) is 27.1. The van der Waals surface area contributed by atoms with Crippen LogP contribution in [0.15, 0.2) is 12.3 Å². The SMILES string of the molecule is CC1CC(OC(=O)c2cnc(Cl)c(Cl)c2)CC(C)O1. The summed E-state index contributed by atoms with van der Waals surface area (Å²) in [7, 11) is 0. The number of pyridine rings is 1. The molecule has 0 aromatic carbocycles. The second kappa shape index (κ2) is 6.07. The van der Waals surface area contributed by atoms with Gasteiger partial charge in [-0.3, -0.25) is 0 Å². The van der Waals surface area contributed by atoms with E-state index < -0.39 is 5.97 Å². The summed E-state index contributed by atoms with van der Waals surface area (Å²) in [6, 6.07) is 1.46. The minimum Gasteiger partial charge on any atom is -0.459 e. The molecule has 2 atom stereocenters. The van der Waals surface area contributed by atoms with E-state index in [9.17, 15) is 4.79 Å². The number of carbonyl (C=O) groups excluding carboxylic acids is 1. The minimum atomic E-state index is -0.433. The Morgan fingerprint density at radius 1 is 1.37 bits per heavy atom. The summed E-state index contributed by atoms with van der Waals surface area (Å²) in [6.07, 6.45) is 2.81. The average molecular weight is 304 g/mol. The average Bonchev–Trinajstić information content (AvgIpc) is 2.31. The van der Waals surface area contributed by atoms with Crippen LogP contribution in [0.5, 0.6) is 0 Å². The molecule has 2 unspecified atom stereocenters. The smallest absolute Gasteiger partial charge is 0.340 e. The van der Waals surface area contributed by atoms with E-state index in [1.54, 1.807) is 0 Å². The number of carbonyl (C=O) groups is 1. The molecule has 2 heterocycles. The minimum absolute atomic E-state index is 0.0912. The number of aromatic nitrogens is 1. The van der Waals surface area contributed by atoms with Gasteiger partial charge in [-0.25, -0.2) is 9.78 Å². The highest BCUT2D eigenvalue weighted by molar-refractivity contribution is 6.41. The zero-order valence-corrected chi connectivity index (χ0v) is 12.2. The number of hydrogen-bond acceptors (Lipinski definition) is 4. The summed E-state index contributed by atoms with van der Waals surface area (Å²) in [5.74, 6) is -0.433. The Balaban J connectivity index is 2.02. The van der Waals surface area contributed by atoms with Gasteiger partial charge in [-0.1, -0.05) is 23.2 Å². The first kappa shape index (κ1) is 14.6. The molecule has 1 aliphatic rings. The zero-order chi connectivity index (χ0) is 14.0. The number of rotatable bonds is 2. The molecule has 19 heavy (non-hydrogen) atoms. The highest BCUT2D eigenvalue weighted by atomic mass is 35.5. The van der Waals surface area contributed by atoms with E-state index in [1.807, 2.05) is 13.8 Å². The Kier molecular flexibility index (Phi) is 4.66. The Bertz CT molecular complexity index is 471. The van der Waals surface area contributed by atoms with Crippen LogP contribution in [0.4, 0.5) is 0 Å². The van der Waals surface area contributed by atoms with Gasteiger partial charge in [-0.05, 0) is 19.9 Å². The first-order valence-corrected chi connectivity index (χ1v) is 6.88. The van der Waals surface area contributed by atoms with Crippen molar-refractivity contribution in [2.75, 3.05) is 0 Å². The van der Waals surface area contributed by atoms with Crippen molar-refractivity contribution in [2.45, 2.75) is 45.0 Å². The van der Waals surface area contributed by atoms with Crippen molar-refractivity contribution in [2.24, 2.45) is 0 Å². The maximum atomic E-state index is 12.0. The summed E-state index contributed by atoms with van der Waals surface area (Å²) >= 11 is 11.5. The number of ether oxygens (including phenoxy) is 2. The quantitative estimate of drug-likeness (QED) is 0.620. The second-order valence-corrected chi connectivity index (χ2v) is 5.52. The molecule has 1 saturated heterocycles. The van der Waals surface area contributed by atoms with Crippen LogP contribution in [-0.4, -0.2) is 29.3 Å². The van der Waals surface area contributed by atoms with Gasteiger partial charge in [0.05, 0.1) is 22.8 Å².